The summed E-state index contributed by atoms with van der Waals surface area (Å²) in [6, 6.07) is 0. The van der Waals surface area contributed by atoms with Crippen molar-refractivity contribution in [2.45, 2.75) is 45.1 Å². The zero-order chi connectivity index (χ0) is 10.1. The first-order valence-electron chi connectivity index (χ1n) is 5.61. The molecule has 0 N–H and O–H groups in total. The van der Waals surface area contributed by atoms with Gasteiger partial charge in [-0.1, -0.05) is 19.9 Å². The Kier molecular flexibility index (Phi) is 2.62. The van der Waals surface area contributed by atoms with Crippen molar-refractivity contribution < 1.29 is 9.53 Å². The van der Waals surface area contributed by atoms with E-state index in [-0.39, 0.29) is 12.1 Å². The molecule has 3 aliphatic rings. The van der Waals surface area contributed by atoms with Crippen LogP contribution in [0.25, 0.3) is 0 Å². The number of carbonyl (C=O) groups excluding carboxylic acids is 1. The molecule has 3 rings (SSSR count). The molecule has 3 aliphatic carbocycles. The van der Waals surface area contributed by atoms with Crippen LogP contribution in [0.1, 0.15) is 39.0 Å². The van der Waals surface area contributed by atoms with Crippen LogP contribution in [-0.4, -0.2) is 12.1 Å². The van der Waals surface area contributed by atoms with Crippen LogP contribution in [0.2, 0.25) is 0 Å². The molecule has 2 heteroatoms. The van der Waals surface area contributed by atoms with Gasteiger partial charge in [-0.25, -0.2) is 4.79 Å². The van der Waals surface area contributed by atoms with E-state index in [1.54, 1.807) is 0 Å². The Morgan fingerprint density at radius 2 is 2.07 bits per heavy atom. The smallest absolute Gasteiger partial charge is 0.333 e. The van der Waals surface area contributed by atoms with Crippen molar-refractivity contribution in [2.24, 2.45) is 11.8 Å². The molecule has 14 heavy (non-hydrogen) atoms. The normalized spacial score (nSPS) is 34.5. The second-order valence-electron chi connectivity index (χ2n) is 4.51. The average molecular weight is 194 g/mol. The van der Waals surface area contributed by atoms with Crippen LogP contribution in [0.4, 0.5) is 0 Å². The van der Waals surface area contributed by atoms with E-state index in [4.69, 9.17) is 4.74 Å². The average Bonchev–Trinajstić information content (AvgIpc) is 2.25. The van der Waals surface area contributed by atoms with Crippen molar-refractivity contribution in [1.29, 1.82) is 0 Å². The van der Waals surface area contributed by atoms with Gasteiger partial charge in [-0.05, 0) is 37.5 Å². The number of carbonyl (C=O) groups is 1. The van der Waals surface area contributed by atoms with Gasteiger partial charge in [-0.15, -0.1) is 0 Å². The van der Waals surface area contributed by atoms with Crippen LogP contribution in [0.5, 0.6) is 0 Å². The minimum absolute atomic E-state index is 0.172. The van der Waals surface area contributed by atoms with Gasteiger partial charge in [0, 0.05) is 5.57 Å². The third kappa shape index (κ3) is 1.58. The van der Waals surface area contributed by atoms with Crippen molar-refractivity contribution in [2.75, 3.05) is 0 Å². The molecule has 78 valence electrons. The Morgan fingerprint density at radius 1 is 1.43 bits per heavy atom. The van der Waals surface area contributed by atoms with Crippen molar-refractivity contribution in [3.05, 3.63) is 12.2 Å². The van der Waals surface area contributed by atoms with Gasteiger partial charge < -0.3 is 4.74 Å². The summed E-state index contributed by atoms with van der Waals surface area (Å²) in [6.07, 6.45) is 6.00. The summed E-state index contributed by atoms with van der Waals surface area (Å²) in [6.45, 7) is 5.64. The first-order chi connectivity index (χ1) is 6.72. The van der Waals surface area contributed by atoms with Gasteiger partial charge in [-0.2, -0.15) is 0 Å². The number of hydrogen-bond donors (Lipinski definition) is 0. The zero-order valence-corrected chi connectivity index (χ0v) is 8.79. The Bertz CT molecular complexity index is 243. The van der Waals surface area contributed by atoms with Crippen LogP contribution in [-0.2, 0) is 9.53 Å². The van der Waals surface area contributed by atoms with E-state index in [9.17, 15) is 4.79 Å². The molecule has 2 bridgehead atoms. The summed E-state index contributed by atoms with van der Waals surface area (Å²) < 4.78 is 5.47. The maximum absolute atomic E-state index is 11.5. The van der Waals surface area contributed by atoms with E-state index < -0.39 is 0 Å². The van der Waals surface area contributed by atoms with Gasteiger partial charge in [0.05, 0.1) is 0 Å². The predicted molar refractivity (Wildman–Crippen MR) is 54.8 cm³/mol. The van der Waals surface area contributed by atoms with Crippen LogP contribution in [0.3, 0.4) is 0 Å². The van der Waals surface area contributed by atoms with E-state index in [1.807, 2.05) is 6.92 Å². The number of hydrogen-bond acceptors (Lipinski definition) is 2. The topological polar surface area (TPSA) is 26.3 Å². The fourth-order valence-corrected chi connectivity index (χ4v) is 2.60. The van der Waals surface area contributed by atoms with E-state index in [1.165, 1.54) is 25.7 Å². The Morgan fingerprint density at radius 3 is 2.57 bits per heavy atom. The molecule has 0 saturated heterocycles. The zero-order valence-electron chi connectivity index (χ0n) is 8.79. The van der Waals surface area contributed by atoms with Gasteiger partial charge in [0.1, 0.15) is 6.10 Å². The van der Waals surface area contributed by atoms with Gasteiger partial charge in [0.2, 0.25) is 0 Å². The van der Waals surface area contributed by atoms with Crippen molar-refractivity contribution >= 4 is 5.97 Å². The molecule has 2 unspecified atom stereocenters. The first kappa shape index (κ1) is 9.75. The van der Waals surface area contributed by atoms with E-state index in [0.29, 0.717) is 23.8 Å². The van der Waals surface area contributed by atoms with Gasteiger partial charge in [-0.3, -0.25) is 0 Å². The molecule has 0 aromatic heterocycles. The molecule has 3 saturated carbocycles. The Hall–Kier alpha value is -0.790. The van der Waals surface area contributed by atoms with Crippen molar-refractivity contribution in [3.63, 3.8) is 0 Å². The monoisotopic (exact) mass is 194 g/mol. The summed E-state index contributed by atoms with van der Waals surface area (Å²) in [4.78, 5) is 11.5. The summed E-state index contributed by atoms with van der Waals surface area (Å²) in [5, 5.41) is 0. The molecule has 0 amide bonds. The van der Waals surface area contributed by atoms with Gasteiger partial charge in [0.15, 0.2) is 0 Å². The molecule has 3 fully saturated rings. The molecule has 2 atom stereocenters. The summed E-state index contributed by atoms with van der Waals surface area (Å²) in [5.41, 5.74) is 0.606. The van der Waals surface area contributed by atoms with Crippen LogP contribution in [0.15, 0.2) is 12.2 Å². The van der Waals surface area contributed by atoms with Crippen LogP contribution >= 0.6 is 0 Å². The fourth-order valence-electron chi connectivity index (χ4n) is 2.60. The van der Waals surface area contributed by atoms with E-state index in [2.05, 4.69) is 6.58 Å². The Labute approximate surface area is 85.3 Å². The Balaban J connectivity index is 1.86. The minimum atomic E-state index is -0.172. The molecular weight excluding hydrogens is 176 g/mol. The summed E-state index contributed by atoms with van der Waals surface area (Å²) >= 11 is 0. The highest BCUT2D eigenvalue weighted by Gasteiger charge is 2.46. The number of fused-ring (bicyclic) bond motifs is 2. The molecule has 2 nitrogen and oxygen atoms in total. The second kappa shape index (κ2) is 3.76. The van der Waals surface area contributed by atoms with Gasteiger partial charge >= 0.3 is 5.97 Å². The number of rotatable bonds is 3. The molecule has 0 aromatic rings. The van der Waals surface area contributed by atoms with E-state index >= 15 is 0 Å². The quantitative estimate of drug-likeness (QED) is 0.510. The lowest BCUT2D eigenvalue weighted by molar-refractivity contribution is -0.167. The van der Waals surface area contributed by atoms with Gasteiger partial charge in [0.25, 0.3) is 0 Å². The third-order valence-corrected chi connectivity index (χ3v) is 3.64. The lowest BCUT2D eigenvalue weighted by Crippen LogP contribution is -2.48. The van der Waals surface area contributed by atoms with Crippen molar-refractivity contribution in [3.8, 4) is 0 Å². The second-order valence-corrected chi connectivity index (χ2v) is 4.51. The molecule has 0 radical (unpaired) electrons. The third-order valence-electron chi connectivity index (χ3n) is 3.64. The van der Waals surface area contributed by atoms with E-state index in [0.717, 1.165) is 0 Å². The predicted octanol–water partition coefficient (Wildman–Crippen LogP) is 2.68. The van der Waals surface area contributed by atoms with Crippen LogP contribution in [0, 0.1) is 11.8 Å². The standard InChI is InChI=1S/C12H18O2/c1-3-8(2)12(13)14-11-9-5-4-6-10(11)7-9/h9-11H,2-7H2,1H3. The highest BCUT2D eigenvalue weighted by Crippen LogP contribution is 2.47. The number of ether oxygens (including phenoxy) is 1. The molecular formula is C12H18O2. The molecule has 0 spiro atoms. The molecule has 0 aliphatic heterocycles. The van der Waals surface area contributed by atoms with Crippen molar-refractivity contribution in [1.82, 2.24) is 0 Å². The maximum Gasteiger partial charge on any atom is 0.333 e. The SMILES string of the molecule is C=C(CC)C(=O)OC1C2CCCC1C2. The number of esters is 1. The first-order valence-corrected chi connectivity index (χ1v) is 5.61. The lowest BCUT2D eigenvalue weighted by Gasteiger charge is -2.48. The fraction of sp³-hybridized carbons (Fsp3) is 0.750. The lowest BCUT2D eigenvalue weighted by atomic mass is 9.63. The summed E-state index contributed by atoms with van der Waals surface area (Å²) in [7, 11) is 0. The largest absolute Gasteiger partial charge is 0.458 e. The minimum Gasteiger partial charge on any atom is -0.458 e. The highest BCUT2D eigenvalue weighted by atomic mass is 16.5. The molecule has 0 heterocycles. The summed E-state index contributed by atoms with van der Waals surface area (Å²) in [5.74, 6) is 1.14. The maximum atomic E-state index is 11.5. The van der Waals surface area contributed by atoms with Crippen LogP contribution < -0.4 is 0 Å². The molecule has 0 aromatic carbocycles. The highest BCUT2D eigenvalue weighted by molar-refractivity contribution is 5.87.